The smallest absolute Gasteiger partial charge is 0.430 e. The number of carbonyl (C=O) groups is 2. The zero-order valence-corrected chi connectivity index (χ0v) is 12.1. The Morgan fingerprint density at radius 1 is 1.21 bits per heavy atom. The number of hydrogen-bond acceptors (Lipinski definition) is 4. The molecule has 0 saturated heterocycles. The molecule has 12 heteroatoms. The number of rotatable bonds is 4. The molecule has 0 amide bonds. The average molecular weight is 363 g/mol. The third-order valence-corrected chi connectivity index (χ3v) is 3.23. The molecule has 0 fully saturated rings. The molecule has 0 aromatic carbocycles. The van der Waals surface area contributed by atoms with Gasteiger partial charge in [0, 0.05) is 0 Å². The molecule has 0 aromatic heterocycles. The van der Waals surface area contributed by atoms with Crippen molar-refractivity contribution in [1.29, 1.82) is 0 Å². The van der Waals surface area contributed by atoms with Crippen LogP contribution in [0.3, 0.4) is 0 Å². The van der Waals surface area contributed by atoms with Gasteiger partial charge in [-0.1, -0.05) is 0 Å². The van der Waals surface area contributed by atoms with E-state index in [9.17, 15) is 35.9 Å². The fourth-order valence-electron chi connectivity index (χ4n) is 2.20. The lowest BCUT2D eigenvalue weighted by Gasteiger charge is -2.37. The van der Waals surface area contributed by atoms with Crippen LogP contribution in [0.4, 0.5) is 26.3 Å². The molecule has 24 heavy (non-hydrogen) atoms. The molecule has 1 rings (SSSR count). The van der Waals surface area contributed by atoms with E-state index in [1.807, 2.05) is 0 Å². The van der Waals surface area contributed by atoms with Crippen LogP contribution < -0.4 is 0 Å². The molecular formula is C12H11F6NO5. The predicted octanol–water partition coefficient (Wildman–Crippen LogP) is 2.40. The third kappa shape index (κ3) is 3.17. The fraction of sp³-hybridized carbons (Fsp3) is 0.583. The molecule has 0 spiro atoms. The minimum Gasteiger partial charge on any atom is -0.496 e. The third-order valence-electron chi connectivity index (χ3n) is 3.23. The molecule has 1 heterocycles. The van der Waals surface area contributed by atoms with Crippen molar-refractivity contribution in [2.45, 2.75) is 32.2 Å². The van der Waals surface area contributed by atoms with Crippen LogP contribution in [0, 0.1) is 5.41 Å². The van der Waals surface area contributed by atoms with Crippen molar-refractivity contribution in [3.05, 3.63) is 11.3 Å². The summed E-state index contributed by atoms with van der Waals surface area (Å²) in [6.07, 6.45) is -11.0. The molecule has 0 aromatic rings. The van der Waals surface area contributed by atoms with Crippen LogP contribution in [0.15, 0.2) is 16.3 Å². The Balaban J connectivity index is 3.91. The van der Waals surface area contributed by atoms with Crippen LogP contribution in [0.25, 0.3) is 0 Å². The van der Waals surface area contributed by atoms with Gasteiger partial charge < -0.3 is 14.9 Å². The minimum atomic E-state index is -5.55. The number of carboxylic acids is 2. The number of dihydropyridines is 1. The summed E-state index contributed by atoms with van der Waals surface area (Å²) in [5.41, 5.74) is -7.22. The maximum atomic E-state index is 13.1. The number of hydrogen-bond donors (Lipinski definition) is 2. The number of aliphatic carboxylic acids is 2. The lowest BCUT2D eigenvalue weighted by Crippen LogP contribution is -2.53. The molecule has 0 radical (unpaired) electrons. The van der Waals surface area contributed by atoms with Gasteiger partial charge in [0.25, 0.3) is 0 Å². The highest BCUT2D eigenvalue weighted by Gasteiger charge is 2.63. The van der Waals surface area contributed by atoms with E-state index in [1.54, 1.807) is 0 Å². The van der Waals surface area contributed by atoms with E-state index < -0.39 is 59.4 Å². The zero-order valence-electron chi connectivity index (χ0n) is 12.1. The van der Waals surface area contributed by atoms with Crippen molar-refractivity contribution in [1.82, 2.24) is 0 Å². The first kappa shape index (κ1) is 19.8. The summed E-state index contributed by atoms with van der Waals surface area (Å²) in [5.74, 6) is -5.98. The summed E-state index contributed by atoms with van der Waals surface area (Å²) in [4.78, 5) is 25.0. The Hall–Kier alpha value is -2.27. The molecule has 1 aliphatic rings. The summed E-state index contributed by atoms with van der Waals surface area (Å²) in [5, 5.41) is 18.1. The van der Waals surface area contributed by atoms with Gasteiger partial charge in [-0.2, -0.15) is 26.3 Å². The first-order valence-corrected chi connectivity index (χ1v) is 6.25. The van der Waals surface area contributed by atoms with Crippen molar-refractivity contribution >= 4 is 17.7 Å². The summed E-state index contributed by atoms with van der Waals surface area (Å²) >= 11 is 0. The second-order valence-corrected chi connectivity index (χ2v) is 4.83. The lowest BCUT2D eigenvalue weighted by atomic mass is 9.76. The first-order valence-electron chi connectivity index (χ1n) is 6.25. The number of carboxylic acid groups (broad SMARTS) is 2. The number of alkyl halides is 6. The van der Waals surface area contributed by atoms with E-state index in [0.29, 0.717) is 6.92 Å². The van der Waals surface area contributed by atoms with E-state index in [0.717, 1.165) is 6.92 Å². The molecule has 2 atom stereocenters. The van der Waals surface area contributed by atoms with Gasteiger partial charge in [0.15, 0.2) is 11.5 Å². The van der Waals surface area contributed by atoms with Crippen LogP contribution >= 0.6 is 0 Å². The summed E-state index contributed by atoms with van der Waals surface area (Å²) in [7, 11) is 0. The van der Waals surface area contributed by atoms with Gasteiger partial charge in [-0.25, -0.2) is 4.79 Å². The van der Waals surface area contributed by atoms with Crippen LogP contribution in [-0.4, -0.2) is 52.9 Å². The van der Waals surface area contributed by atoms with Gasteiger partial charge in [0.05, 0.1) is 6.61 Å². The zero-order chi connectivity index (χ0) is 19.1. The summed E-state index contributed by atoms with van der Waals surface area (Å²) < 4.78 is 83.0. The Morgan fingerprint density at radius 2 is 1.71 bits per heavy atom. The van der Waals surface area contributed by atoms with Crippen molar-refractivity contribution in [2.75, 3.05) is 6.61 Å². The normalized spacial score (nSPS) is 25.3. The number of halogens is 6. The van der Waals surface area contributed by atoms with Gasteiger partial charge in [0.1, 0.15) is 17.0 Å². The van der Waals surface area contributed by atoms with Crippen LogP contribution in [0.1, 0.15) is 13.8 Å². The minimum absolute atomic E-state index is 0.391. The molecular weight excluding hydrogens is 352 g/mol. The lowest BCUT2D eigenvalue weighted by molar-refractivity contribution is -0.156. The number of aliphatic imine (C=N–C) groups is 1. The monoisotopic (exact) mass is 363 g/mol. The van der Waals surface area contributed by atoms with E-state index in [2.05, 4.69) is 9.73 Å². The SMILES string of the molecule is CCOC1=C(C(=O)O)C(C(F)(F)F)N=C(C(F)(F)F)C1(C)C(=O)O. The highest BCUT2D eigenvalue weighted by molar-refractivity contribution is 6.13. The Morgan fingerprint density at radius 3 is 2.00 bits per heavy atom. The van der Waals surface area contributed by atoms with E-state index >= 15 is 0 Å². The number of ether oxygens (including phenoxy) is 1. The Labute approximate surface area is 130 Å². The van der Waals surface area contributed by atoms with Crippen molar-refractivity contribution in [2.24, 2.45) is 10.4 Å². The second-order valence-electron chi connectivity index (χ2n) is 4.83. The standard InChI is InChI=1S/C12H11F6NO5/c1-3-24-6-4(7(20)21)5(11(13,14)15)19-8(12(16,17)18)10(6,2)9(22)23/h5H,3H2,1-2H3,(H,20,21)(H,22,23). The van der Waals surface area contributed by atoms with Gasteiger partial charge >= 0.3 is 24.3 Å². The highest BCUT2D eigenvalue weighted by atomic mass is 19.4. The molecule has 0 bridgehead atoms. The van der Waals surface area contributed by atoms with E-state index in [1.165, 1.54) is 0 Å². The van der Waals surface area contributed by atoms with Gasteiger partial charge in [0.2, 0.25) is 0 Å². The summed E-state index contributed by atoms with van der Waals surface area (Å²) in [6, 6.07) is -3.40. The molecule has 1 aliphatic heterocycles. The fourth-order valence-corrected chi connectivity index (χ4v) is 2.20. The van der Waals surface area contributed by atoms with E-state index in [-0.39, 0.29) is 0 Å². The molecule has 0 aliphatic carbocycles. The second kappa shape index (κ2) is 5.98. The number of nitrogens with zero attached hydrogens (tertiary/aromatic N) is 1. The first-order chi connectivity index (χ1) is 10.7. The highest BCUT2D eigenvalue weighted by Crippen LogP contribution is 2.46. The van der Waals surface area contributed by atoms with Gasteiger partial charge in [-0.05, 0) is 13.8 Å². The molecule has 2 N–H and O–H groups in total. The molecule has 6 nitrogen and oxygen atoms in total. The van der Waals surface area contributed by atoms with Crippen LogP contribution in [-0.2, 0) is 14.3 Å². The van der Waals surface area contributed by atoms with E-state index in [4.69, 9.17) is 10.2 Å². The molecule has 136 valence electrons. The van der Waals surface area contributed by atoms with Crippen molar-refractivity contribution in [3.8, 4) is 0 Å². The maximum absolute atomic E-state index is 13.1. The van der Waals surface area contributed by atoms with Gasteiger partial charge in [-0.15, -0.1) is 0 Å². The Kier molecular flexibility index (Phi) is 4.93. The van der Waals surface area contributed by atoms with Crippen LogP contribution in [0.5, 0.6) is 0 Å². The molecule has 0 saturated carbocycles. The van der Waals surface area contributed by atoms with Crippen LogP contribution in [0.2, 0.25) is 0 Å². The van der Waals surface area contributed by atoms with Crippen molar-refractivity contribution in [3.63, 3.8) is 0 Å². The Bertz CT molecular complexity index is 620. The quantitative estimate of drug-likeness (QED) is 0.748. The van der Waals surface area contributed by atoms with Gasteiger partial charge in [-0.3, -0.25) is 9.79 Å². The maximum Gasteiger partial charge on any atom is 0.430 e. The average Bonchev–Trinajstić information content (AvgIpc) is 2.37. The largest absolute Gasteiger partial charge is 0.496 e. The molecule has 2 unspecified atom stereocenters. The predicted molar refractivity (Wildman–Crippen MR) is 65.4 cm³/mol. The topological polar surface area (TPSA) is 96.2 Å². The van der Waals surface area contributed by atoms with Crippen molar-refractivity contribution < 1.29 is 50.9 Å². The summed E-state index contributed by atoms with van der Waals surface area (Å²) in [6.45, 7) is 0.989.